The summed E-state index contributed by atoms with van der Waals surface area (Å²) in [5, 5.41) is 11.3. The van der Waals surface area contributed by atoms with Gasteiger partial charge in [0.05, 0.1) is 32.4 Å². The van der Waals surface area contributed by atoms with E-state index in [1.165, 1.54) is 24.5 Å². The number of nitro benzene ring substituents is 1. The van der Waals surface area contributed by atoms with Crippen molar-refractivity contribution in [3.8, 4) is 0 Å². The highest BCUT2D eigenvalue weighted by Crippen LogP contribution is 2.37. The highest BCUT2D eigenvalue weighted by Gasteiger charge is 2.43. The molecule has 110 valence electrons. The quantitative estimate of drug-likeness (QED) is 0.476. The number of hydrogen-bond donors (Lipinski definition) is 0. The van der Waals surface area contributed by atoms with Crippen molar-refractivity contribution in [3.63, 3.8) is 0 Å². The molecular weight excluding hydrogens is 333 g/mol. The molecule has 0 N–H and O–H groups in total. The minimum Gasteiger partial charge on any atom is -0.268 e. The van der Waals surface area contributed by atoms with Crippen molar-refractivity contribution in [2.75, 3.05) is 4.90 Å². The van der Waals surface area contributed by atoms with E-state index < -0.39 is 22.4 Å². The SMILES string of the molecule is O=C1c2c(Cl)ccc([N+](=O)[O-])c2C(=O)N1c1cncc(Cl)c1. The number of nitro groups is 1. The number of rotatable bonds is 2. The predicted octanol–water partition coefficient (Wildman–Crippen LogP) is 3.10. The number of imide groups is 1. The summed E-state index contributed by atoms with van der Waals surface area (Å²) in [5.74, 6) is -1.59. The minimum atomic E-state index is -0.835. The Morgan fingerprint density at radius 2 is 1.77 bits per heavy atom. The van der Waals surface area contributed by atoms with E-state index in [0.717, 1.165) is 11.0 Å². The number of halogens is 2. The molecule has 3 rings (SSSR count). The van der Waals surface area contributed by atoms with Gasteiger partial charge in [-0.15, -0.1) is 0 Å². The van der Waals surface area contributed by atoms with E-state index in [-0.39, 0.29) is 26.9 Å². The Morgan fingerprint density at radius 1 is 1.09 bits per heavy atom. The number of benzene rings is 1. The Kier molecular flexibility index (Phi) is 3.31. The molecule has 1 aliphatic heterocycles. The maximum absolute atomic E-state index is 12.5. The second-order valence-corrected chi connectivity index (χ2v) is 5.22. The van der Waals surface area contributed by atoms with E-state index in [1.54, 1.807) is 0 Å². The Hall–Kier alpha value is -2.51. The Balaban J connectivity index is 2.23. The van der Waals surface area contributed by atoms with Gasteiger partial charge in [-0.05, 0) is 12.1 Å². The minimum absolute atomic E-state index is 0.0311. The van der Waals surface area contributed by atoms with Crippen LogP contribution >= 0.6 is 23.2 Å². The van der Waals surface area contributed by atoms with Crippen LogP contribution in [0.1, 0.15) is 20.7 Å². The topological polar surface area (TPSA) is 93.4 Å². The molecule has 2 aromatic rings. The van der Waals surface area contributed by atoms with E-state index >= 15 is 0 Å². The maximum atomic E-state index is 12.5. The maximum Gasteiger partial charge on any atom is 0.283 e. The third-order valence-electron chi connectivity index (χ3n) is 3.11. The normalized spacial score (nSPS) is 13.5. The average molecular weight is 338 g/mol. The summed E-state index contributed by atoms with van der Waals surface area (Å²) in [6, 6.07) is 3.66. The summed E-state index contributed by atoms with van der Waals surface area (Å²) in [6.07, 6.45) is 2.59. The van der Waals surface area contributed by atoms with Gasteiger partial charge in [0.1, 0.15) is 5.56 Å². The highest BCUT2D eigenvalue weighted by atomic mass is 35.5. The number of aromatic nitrogens is 1. The van der Waals surface area contributed by atoms with Gasteiger partial charge in [0.25, 0.3) is 17.5 Å². The van der Waals surface area contributed by atoms with Crippen LogP contribution in [-0.4, -0.2) is 21.7 Å². The van der Waals surface area contributed by atoms with Gasteiger partial charge in [-0.2, -0.15) is 0 Å². The highest BCUT2D eigenvalue weighted by molar-refractivity contribution is 6.43. The molecular formula is C13H5Cl2N3O4. The zero-order valence-electron chi connectivity index (χ0n) is 10.6. The fourth-order valence-corrected chi connectivity index (χ4v) is 2.62. The lowest BCUT2D eigenvalue weighted by Crippen LogP contribution is -2.29. The second kappa shape index (κ2) is 5.04. The van der Waals surface area contributed by atoms with Crippen molar-refractivity contribution >= 4 is 46.4 Å². The molecule has 0 bridgehead atoms. The third-order valence-corrected chi connectivity index (χ3v) is 3.63. The van der Waals surface area contributed by atoms with Crippen LogP contribution in [0.5, 0.6) is 0 Å². The molecule has 0 radical (unpaired) electrons. The monoisotopic (exact) mass is 337 g/mol. The molecule has 2 amide bonds. The van der Waals surface area contributed by atoms with Gasteiger partial charge in [0.2, 0.25) is 0 Å². The fourth-order valence-electron chi connectivity index (χ4n) is 2.22. The number of carbonyl (C=O) groups is 2. The molecule has 7 nitrogen and oxygen atoms in total. The van der Waals surface area contributed by atoms with Gasteiger partial charge in [0.15, 0.2) is 0 Å². The lowest BCUT2D eigenvalue weighted by Gasteiger charge is -2.13. The summed E-state index contributed by atoms with van der Waals surface area (Å²) in [7, 11) is 0. The molecule has 0 saturated heterocycles. The van der Waals surface area contributed by atoms with Crippen molar-refractivity contribution in [2.24, 2.45) is 0 Å². The van der Waals surface area contributed by atoms with Crippen molar-refractivity contribution in [1.82, 2.24) is 4.98 Å². The van der Waals surface area contributed by atoms with Crippen LogP contribution in [0.4, 0.5) is 11.4 Å². The molecule has 0 fully saturated rings. The first-order valence-electron chi connectivity index (χ1n) is 5.88. The standard InChI is InChI=1S/C13H5Cl2N3O4/c14-6-3-7(5-16-4-6)17-12(19)10-8(15)1-2-9(18(21)22)11(10)13(17)20/h1-5H. The van der Waals surface area contributed by atoms with Crippen LogP contribution < -0.4 is 4.90 Å². The number of hydrogen-bond acceptors (Lipinski definition) is 5. The number of anilines is 1. The van der Waals surface area contributed by atoms with E-state index in [9.17, 15) is 19.7 Å². The van der Waals surface area contributed by atoms with Crippen molar-refractivity contribution < 1.29 is 14.5 Å². The van der Waals surface area contributed by atoms with Crippen LogP contribution in [0, 0.1) is 10.1 Å². The van der Waals surface area contributed by atoms with Crippen LogP contribution in [-0.2, 0) is 0 Å². The lowest BCUT2D eigenvalue weighted by atomic mass is 10.1. The van der Waals surface area contributed by atoms with Gasteiger partial charge >= 0.3 is 0 Å². The summed E-state index contributed by atoms with van der Waals surface area (Å²) >= 11 is 11.7. The van der Waals surface area contributed by atoms with Crippen molar-refractivity contribution in [1.29, 1.82) is 0 Å². The first-order chi connectivity index (χ1) is 10.4. The number of carbonyl (C=O) groups excluding carboxylic acids is 2. The summed E-state index contributed by atoms with van der Waals surface area (Å²) in [4.78, 5) is 39.8. The van der Waals surface area contributed by atoms with Crippen LogP contribution in [0.15, 0.2) is 30.6 Å². The molecule has 1 aliphatic rings. The zero-order valence-corrected chi connectivity index (χ0v) is 12.1. The molecule has 22 heavy (non-hydrogen) atoms. The Labute approximate surface area is 133 Å². The van der Waals surface area contributed by atoms with Gasteiger partial charge < -0.3 is 0 Å². The average Bonchev–Trinajstić information content (AvgIpc) is 2.72. The molecule has 0 spiro atoms. The van der Waals surface area contributed by atoms with E-state index in [0.29, 0.717) is 0 Å². The molecule has 1 aromatic carbocycles. The fraction of sp³-hybridized carbons (Fsp3) is 0. The zero-order chi connectivity index (χ0) is 16.0. The summed E-state index contributed by atoms with van der Waals surface area (Å²) in [6.45, 7) is 0. The molecule has 0 saturated carbocycles. The predicted molar refractivity (Wildman–Crippen MR) is 78.5 cm³/mol. The molecule has 9 heteroatoms. The molecule has 0 atom stereocenters. The first-order valence-corrected chi connectivity index (χ1v) is 6.63. The molecule has 1 aromatic heterocycles. The summed E-state index contributed by atoms with van der Waals surface area (Å²) in [5.41, 5.74) is -0.886. The van der Waals surface area contributed by atoms with Gasteiger partial charge in [-0.3, -0.25) is 24.7 Å². The number of amides is 2. The largest absolute Gasteiger partial charge is 0.283 e. The second-order valence-electron chi connectivity index (χ2n) is 4.38. The number of nitrogens with zero attached hydrogens (tertiary/aromatic N) is 3. The van der Waals surface area contributed by atoms with Crippen molar-refractivity contribution in [2.45, 2.75) is 0 Å². The number of pyridine rings is 1. The third kappa shape index (κ3) is 2.02. The lowest BCUT2D eigenvalue weighted by molar-refractivity contribution is -0.385. The Bertz CT molecular complexity index is 853. The van der Waals surface area contributed by atoms with Crippen molar-refractivity contribution in [3.05, 3.63) is 61.9 Å². The van der Waals surface area contributed by atoms with Crippen LogP contribution in [0.2, 0.25) is 10.0 Å². The number of fused-ring (bicyclic) bond motifs is 1. The van der Waals surface area contributed by atoms with E-state index in [1.807, 2.05) is 0 Å². The first kappa shape index (κ1) is 14.4. The molecule has 0 unspecified atom stereocenters. The summed E-state index contributed by atoms with van der Waals surface area (Å²) < 4.78 is 0. The van der Waals surface area contributed by atoms with Crippen LogP contribution in [0.3, 0.4) is 0 Å². The van der Waals surface area contributed by atoms with E-state index in [4.69, 9.17) is 23.2 Å². The molecule has 2 heterocycles. The van der Waals surface area contributed by atoms with Gasteiger partial charge in [0, 0.05) is 12.3 Å². The van der Waals surface area contributed by atoms with Gasteiger partial charge in [-0.25, -0.2) is 4.90 Å². The molecule has 0 aliphatic carbocycles. The smallest absolute Gasteiger partial charge is 0.268 e. The van der Waals surface area contributed by atoms with Gasteiger partial charge in [-0.1, -0.05) is 23.2 Å². The van der Waals surface area contributed by atoms with Crippen LogP contribution in [0.25, 0.3) is 0 Å². The Morgan fingerprint density at radius 3 is 2.41 bits per heavy atom. The van der Waals surface area contributed by atoms with E-state index in [2.05, 4.69) is 4.98 Å².